The Morgan fingerprint density at radius 3 is 3.00 bits per heavy atom. The molecule has 0 aromatic heterocycles. The fourth-order valence-corrected chi connectivity index (χ4v) is 2.56. The third-order valence-electron chi connectivity index (χ3n) is 3.45. The van der Waals surface area contributed by atoms with Crippen molar-refractivity contribution in [1.82, 2.24) is 4.90 Å². The normalized spacial score (nSPS) is 36.2. The first-order valence-corrected chi connectivity index (χ1v) is 5.16. The average Bonchev–Trinajstić information content (AvgIpc) is 2.47. The van der Waals surface area contributed by atoms with Crippen molar-refractivity contribution in [2.24, 2.45) is 5.92 Å². The standard InChI is InChI=1S/C10H17NO2/c1-7(12)8-4-5-11-9(6-8)2-3-10(11)13/h7-9,12H,2-6H2,1H3/t7?,8-,9?/m1/s1. The van der Waals surface area contributed by atoms with Crippen molar-refractivity contribution in [2.75, 3.05) is 6.54 Å². The summed E-state index contributed by atoms with van der Waals surface area (Å²) >= 11 is 0. The summed E-state index contributed by atoms with van der Waals surface area (Å²) in [6.45, 7) is 2.72. The molecule has 0 radical (unpaired) electrons. The van der Waals surface area contributed by atoms with E-state index >= 15 is 0 Å². The third kappa shape index (κ3) is 1.57. The van der Waals surface area contributed by atoms with E-state index in [4.69, 9.17) is 0 Å². The minimum absolute atomic E-state index is 0.210. The van der Waals surface area contributed by atoms with Gasteiger partial charge in [-0.3, -0.25) is 4.79 Å². The van der Waals surface area contributed by atoms with Gasteiger partial charge in [0.15, 0.2) is 0 Å². The maximum absolute atomic E-state index is 11.3. The third-order valence-corrected chi connectivity index (χ3v) is 3.45. The Bertz CT molecular complexity index is 215. The summed E-state index contributed by atoms with van der Waals surface area (Å²) in [5.74, 6) is 0.723. The number of nitrogens with zero attached hydrogens (tertiary/aromatic N) is 1. The first-order chi connectivity index (χ1) is 6.18. The van der Waals surface area contributed by atoms with Crippen LogP contribution >= 0.6 is 0 Å². The van der Waals surface area contributed by atoms with Crippen molar-refractivity contribution >= 4 is 5.91 Å². The monoisotopic (exact) mass is 183 g/mol. The van der Waals surface area contributed by atoms with Gasteiger partial charge < -0.3 is 10.0 Å². The first kappa shape index (κ1) is 9.00. The molecular weight excluding hydrogens is 166 g/mol. The molecule has 0 aromatic rings. The van der Waals surface area contributed by atoms with Gasteiger partial charge in [0.25, 0.3) is 0 Å². The Kier molecular flexibility index (Phi) is 2.28. The summed E-state index contributed by atoms with van der Waals surface area (Å²) < 4.78 is 0. The van der Waals surface area contributed by atoms with Crippen molar-refractivity contribution in [2.45, 2.75) is 44.8 Å². The van der Waals surface area contributed by atoms with E-state index in [1.165, 1.54) is 0 Å². The van der Waals surface area contributed by atoms with E-state index in [2.05, 4.69) is 0 Å². The van der Waals surface area contributed by atoms with Gasteiger partial charge in [-0.2, -0.15) is 0 Å². The molecule has 0 bridgehead atoms. The Balaban J connectivity index is 1.99. The van der Waals surface area contributed by atoms with E-state index in [0.29, 0.717) is 17.9 Å². The van der Waals surface area contributed by atoms with E-state index in [1.807, 2.05) is 11.8 Å². The minimum atomic E-state index is -0.210. The molecule has 2 aliphatic rings. The summed E-state index contributed by atoms with van der Waals surface area (Å²) in [6.07, 6.45) is 3.49. The highest BCUT2D eigenvalue weighted by Gasteiger charge is 2.37. The van der Waals surface area contributed by atoms with Crippen LogP contribution in [0.5, 0.6) is 0 Å². The lowest BCUT2D eigenvalue weighted by atomic mass is 9.87. The van der Waals surface area contributed by atoms with Crippen LogP contribution in [0.25, 0.3) is 0 Å². The number of carbonyl (C=O) groups is 1. The Hall–Kier alpha value is -0.570. The molecule has 0 spiro atoms. The molecule has 0 aromatic carbocycles. The molecule has 3 nitrogen and oxygen atoms in total. The second kappa shape index (κ2) is 3.29. The summed E-state index contributed by atoms with van der Waals surface area (Å²) in [7, 11) is 0. The zero-order chi connectivity index (χ0) is 9.42. The number of fused-ring (bicyclic) bond motifs is 1. The zero-order valence-corrected chi connectivity index (χ0v) is 8.07. The first-order valence-electron chi connectivity index (χ1n) is 5.16. The fraction of sp³-hybridized carbons (Fsp3) is 0.900. The van der Waals surface area contributed by atoms with E-state index in [1.54, 1.807) is 0 Å². The van der Waals surface area contributed by atoms with Gasteiger partial charge in [0.2, 0.25) is 5.91 Å². The zero-order valence-electron chi connectivity index (χ0n) is 8.07. The highest BCUT2D eigenvalue weighted by Crippen LogP contribution is 2.32. The number of carbonyl (C=O) groups excluding carboxylic acids is 1. The molecule has 2 aliphatic heterocycles. The predicted octanol–water partition coefficient (Wildman–Crippen LogP) is 0.768. The summed E-state index contributed by atoms with van der Waals surface area (Å²) in [5.41, 5.74) is 0. The molecule has 0 aliphatic carbocycles. The maximum Gasteiger partial charge on any atom is 0.222 e. The Morgan fingerprint density at radius 1 is 1.54 bits per heavy atom. The number of aliphatic hydroxyl groups excluding tert-OH is 1. The molecule has 13 heavy (non-hydrogen) atoms. The van der Waals surface area contributed by atoms with Gasteiger partial charge in [0.1, 0.15) is 0 Å². The molecule has 2 fully saturated rings. The van der Waals surface area contributed by atoms with Crippen molar-refractivity contribution in [3.63, 3.8) is 0 Å². The molecule has 2 heterocycles. The molecule has 0 saturated carbocycles. The van der Waals surface area contributed by atoms with Crippen LogP contribution in [0, 0.1) is 5.92 Å². The molecule has 2 saturated heterocycles. The highest BCUT2D eigenvalue weighted by atomic mass is 16.3. The van der Waals surface area contributed by atoms with Gasteiger partial charge in [-0.15, -0.1) is 0 Å². The van der Waals surface area contributed by atoms with E-state index in [0.717, 1.165) is 32.2 Å². The number of rotatable bonds is 1. The SMILES string of the molecule is CC(O)[C@@H]1CCN2C(=O)CCC2C1. The van der Waals surface area contributed by atoms with Crippen molar-refractivity contribution in [1.29, 1.82) is 0 Å². The second-order valence-electron chi connectivity index (χ2n) is 4.30. The second-order valence-corrected chi connectivity index (χ2v) is 4.30. The van der Waals surface area contributed by atoms with Crippen LogP contribution in [0.2, 0.25) is 0 Å². The molecule has 1 amide bonds. The van der Waals surface area contributed by atoms with Crippen LogP contribution in [-0.4, -0.2) is 34.6 Å². The lowest BCUT2D eigenvalue weighted by molar-refractivity contribution is -0.130. The quantitative estimate of drug-likeness (QED) is 0.652. The summed E-state index contributed by atoms with van der Waals surface area (Å²) in [4.78, 5) is 13.3. The molecule has 2 rings (SSSR count). The van der Waals surface area contributed by atoms with Crippen molar-refractivity contribution in [3.8, 4) is 0 Å². The van der Waals surface area contributed by atoms with Crippen molar-refractivity contribution < 1.29 is 9.90 Å². The molecule has 3 heteroatoms. The largest absolute Gasteiger partial charge is 0.393 e. The number of aliphatic hydroxyl groups is 1. The van der Waals surface area contributed by atoms with E-state index < -0.39 is 0 Å². The minimum Gasteiger partial charge on any atom is -0.393 e. The number of hydrogen-bond donors (Lipinski definition) is 1. The van der Waals surface area contributed by atoms with Crippen molar-refractivity contribution in [3.05, 3.63) is 0 Å². The number of hydrogen-bond acceptors (Lipinski definition) is 2. The van der Waals surface area contributed by atoms with Crippen LogP contribution in [0.4, 0.5) is 0 Å². The smallest absolute Gasteiger partial charge is 0.222 e. The summed E-state index contributed by atoms with van der Waals surface area (Å²) in [5, 5.41) is 9.46. The Labute approximate surface area is 78.7 Å². The van der Waals surface area contributed by atoms with E-state index in [-0.39, 0.29) is 6.10 Å². The molecule has 74 valence electrons. The van der Waals surface area contributed by atoms with Crippen LogP contribution in [0.15, 0.2) is 0 Å². The molecule has 1 N–H and O–H groups in total. The van der Waals surface area contributed by atoms with Gasteiger partial charge in [0, 0.05) is 19.0 Å². The number of amides is 1. The van der Waals surface area contributed by atoms with E-state index in [9.17, 15) is 9.90 Å². The predicted molar refractivity (Wildman–Crippen MR) is 49.1 cm³/mol. The van der Waals surface area contributed by atoms with Gasteiger partial charge in [0.05, 0.1) is 6.10 Å². The van der Waals surface area contributed by atoms with Crippen LogP contribution in [-0.2, 0) is 4.79 Å². The fourth-order valence-electron chi connectivity index (χ4n) is 2.56. The average molecular weight is 183 g/mol. The molecule has 3 atom stereocenters. The summed E-state index contributed by atoms with van der Waals surface area (Å²) in [6, 6.07) is 0.431. The molecular formula is C10H17NO2. The van der Waals surface area contributed by atoms with Crippen LogP contribution < -0.4 is 0 Å². The number of piperidine rings is 1. The van der Waals surface area contributed by atoms with Crippen LogP contribution in [0.1, 0.15) is 32.6 Å². The van der Waals surface area contributed by atoms with Gasteiger partial charge >= 0.3 is 0 Å². The lowest BCUT2D eigenvalue weighted by Crippen LogP contribution is -2.42. The lowest BCUT2D eigenvalue weighted by Gasteiger charge is -2.36. The highest BCUT2D eigenvalue weighted by molar-refractivity contribution is 5.78. The van der Waals surface area contributed by atoms with Gasteiger partial charge in [-0.1, -0.05) is 0 Å². The van der Waals surface area contributed by atoms with Gasteiger partial charge in [-0.05, 0) is 32.1 Å². The van der Waals surface area contributed by atoms with Gasteiger partial charge in [-0.25, -0.2) is 0 Å². The van der Waals surface area contributed by atoms with Crippen LogP contribution in [0.3, 0.4) is 0 Å². The Morgan fingerprint density at radius 2 is 2.31 bits per heavy atom. The molecule has 2 unspecified atom stereocenters. The maximum atomic E-state index is 11.3. The topological polar surface area (TPSA) is 40.5 Å².